The number of nitrogens with zero attached hydrogens (tertiary/aromatic N) is 2. The highest BCUT2D eigenvalue weighted by atomic mass is 79.9. The second-order valence-electron chi connectivity index (χ2n) is 4.64. The SMILES string of the molecule is OC1(Cc2ccc(-n3cccn3)c(Br)c2)CC1. The molecule has 0 spiro atoms. The summed E-state index contributed by atoms with van der Waals surface area (Å²) in [5, 5.41) is 14.1. The number of hydrogen-bond donors (Lipinski definition) is 1. The smallest absolute Gasteiger partial charge is 0.0787 e. The van der Waals surface area contributed by atoms with Crippen LogP contribution in [0.1, 0.15) is 18.4 Å². The predicted octanol–water partition coefficient (Wildman–Crippen LogP) is 2.70. The van der Waals surface area contributed by atoms with Crippen LogP contribution in [0.3, 0.4) is 0 Å². The lowest BCUT2D eigenvalue weighted by molar-refractivity contribution is 0.151. The van der Waals surface area contributed by atoms with E-state index < -0.39 is 5.60 Å². The monoisotopic (exact) mass is 292 g/mol. The van der Waals surface area contributed by atoms with Crippen molar-refractivity contribution in [3.63, 3.8) is 0 Å². The maximum Gasteiger partial charge on any atom is 0.0787 e. The highest BCUT2D eigenvalue weighted by Gasteiger charge is 2.40. The third-order valence-electron chi connectivity index (χ3n) is 3.12. The Morgan fingerprint density at radius 1 is 1.41 bits per heavy atom. The molecule has 1 heterocycles. The lowest BCUT2D eigenvalue weighted by Crippen LogP contribution is -2.10. The molecule has 1 aliphatic carbocycles. The van der Waals surface area contributed by atoms with E-state index in [9.17, 15) is 5.11 Å². The fourth-order valence-electron chi connectivity index (χ4n) is 1.96. The van der Waals surface area contributed by atoms with Crippen molar-refractivity contribution in [3.8, 4) is 5.69 Å². The van der Waals surface area contributed by atoms with Gasteiger partial charge in [0.25, 0.3) is 0 Å². The normalized spacial score (nSPS) is 17.1. The van der Waals surface area contributed by atoms with Gasteiger partial charge in [-0.2, -0.15) is 5.10 Å². The maximum absolute atomic E-state index is 9.89. The first-order valence-electron chi connectivity index (χ1n) is 5.67. The molecule has 0 saturated heterocycles. The number of aromatic nitrogens is 2. The lowest BCUT2D eigenvalue weighted by Gasteiger charge is -2.10. The zero-order valence-electron chi connectivity index (χ0n) is 9.31. The van der Waals surface area contributed by atoms with Crippen LogP contribution in [0.5, 0.6) is 0 Å². The average molecular weight is 293 g/mol. The molecule has 1 aliphatic rings. The zero-order chi connectivity index (χ0) is 11.9. The molecule has 1 N–H and O–H groups in total. The molecule has 3 rings (SSSR count). The van der Waals surface area contributed by atoms with E-state index in [0.29, 0.717) is 0 Å². The Morgan fingerprint density at radius 3 is 2.82 bits per heavy atom. The summed E-state index contributed by atoms with van der Waals surface area (Å²) in [6.45, 7) is 0. The maximum atomic E-state index is 9.89. The molecule has 0 atom stereocenters. The molecule has 3 nitrogen and oxygen atoms in total. The van der Waals surface area contributed by atoms with Gasteiger partial charge in [-0.25, -0.2) is 4.68 Å². The van der Waals surface area contributed by atoms with Crippen molar-refractivity contribution in [2.45, 2.75) is 24.9 Å². The van der Waals surface area contributed by atoms with Crippen LogP contribution in [0.15, 0.2) is 41.1 Å². The van der Waals surface area contributed by atoms with E-state index in [1.807, 2.05) is 23.0 Å². The topological polar surface area (TPSA) is 38.0 Å². The quantitative estimate of drug-likeness (QED) is 0.945. The van der Waals surface area contributed by atoms with Gasteiger partial charge in [0, 0.05) is 23.3 Å². The minimum absolute atomic E-state index is 0.438. The van der Waals surface area contributed by atoms with Crippen molar-refractivity contribution in [1.82, 2.24) is 9.78 Å². The number of benzene rings is 1. The fourth-order valence-corrected chi connectivity index (χ4v) is 2.57. The van der Waals surface area contributed by atoms with Gasteiger partial charge in [-0.3, -0.25) is 0 Å². The summed E-state index contributed by atoms with van der Waals surface area (Å²) >= 11 is 3.55. The molecule has 17 heavy (non-hydrogen) atoms. The van der Waals surface area contributed by atoms with Gasteiger partial charge in [-0.05, 0) is 52.5 Å². The average Bonchev–Trinajstić information content (AvgIpc) is 2.81. The Bertz CT molecular complexity index is 532. The summed E-state index contributed by atoms with van der Waals surface area (Å²) in [4.78, 5) is 0. The first kappa shape index (κ1) is 11.0. The predicted molar refractivity (Wildman–Crippen MR) is 69.2 cm³/mol. The third-order valence-corrected chi connectivity index (χ3v) is 3.76. The summed E-state index contributed by atoms with van der Waals surface area (Å²) in [6, 6.07) is 8.04. The summed E-state index contributed by atoms with van der Waals surface area (Å²) in [7, 11) is 0. The molecule has 1 aromatic heterocycles. The molecule has 0 amide bonds. The third kappa shape index (κ3) is 2.28. The van der Waals surface area contributed by atoms with Gasteiger partial charge in [-0.15, -0.1) is 0 Å². The van der Waals surface area contributed by atoms with Gasteiger partial charge in [0.2, 0.25) is 0 Å². The van der Waals surface area contributed by atoms with Crippen LogP contribution < -0.4 is 0 Å². The Kier molecular flexibility index (Phi) is 2.56. The zero-order valence-corrected chi connectivity index (χ0v) is 10.9. The van der Waals surface area contributed by atoms with Gasteiger partial charge in [0.15, 0.2) is 0 Å². The van der Waals surface area contributed by atoms with Crippen molar-refractivity contribution in [1.29, 1.82) is 0 Å². The van der Waals surface area contributed by atoms with Crippen LogP contribution >= 0.6 is 15.9 Å². The molecule has 0 radical (unpaired) electrons. The standard InChI is InChI=1S/C13H13BrN2O/c14-11-8-10(9-13(17)4-5-13)2-3-12(11)16-7-1-6-15-16/h1-3,6-8,17H,4-5,9H2. The van der Waals surface area contributed by atoms with Crippen molar-refractivity contribution < 1.29 is 5.11 Å². The van der Waals surface area contributed by atoms with E-state index in [1.54, 1.807) is 6.20 Å². The number of rotatable bonds is 3. The molecule has 0 unspecified atom stereocenters. The van der Waals surface area contributed by atoms with Gasteiger partial charge >= 0.3 is 0 Å². The molecular weight excluding hydrogens is 280 g/mol. The molecule has 1 fully saturated rings. The van der Waals surface area contributed by atoms with Crippen LogP contribution in [0.2, 0.25) is 0 Å². The van der Waals surface area contributed by atoms with Crippen LogP contribution in [-0.2, 0) is 6.42 Å². The van der Waals surface area contributed by atoms with Crippen LogP contribution in [0, 0.1) is 0 Å². The molecule has 2 aromatic rings. The largest absolute Gasteiger partial charge is 0.390 e. The van der Waals surface area contributed by atoms with Gasteiger partial charge in [-0.1, -0.05) is 6.07 Å². The highest BCUT2D eigenvalue weighted by molar-refractivity contribution is 9.10. The summed E-state index contributed by atoms with van der Waals surface area (Å²) in [6.07, 6.45) is 6.25. The lowest BCUT2D eigenvalue weighted by atomic mass is 10.1. The van der Waals surface area contributed by atoms with E-state index in [1.165, 1.54) is 0 Å². The van der Waals surface area contributed by atoms with E-state index in [0.717, 1.165) is 35.0 Å². The molecular formula is C13H13BrN2O. The van der Waals surface area contributed by atoms with E-state index in [4.69, 9.17) is 0 Å². The van der Waals surface area contributed by atoms with Crippen LogP contribution in [-0.4, -0.2) is 20.5 Å². The summed E-state index contributed by atoms with van der Waals surface area (Å²) in [5.74, 6) is 0. The minimum atomic E-state index is -0.438. The highest BCUT2D eigenvalue weighted by Crippen LogP contribution is 2.38. The van der Waals surface area contributed by atoms with E-state index in [2.05, 4.69) is 33.2 Å². The van der Waals surface area contributed by atoms with Gasteiger partial charge < -0.3 is 5.11 Å². The second kappa shape index (κ2) is 3.96. The number of hydrogen-bond acceptors (Lipinski definition) is 2. The molecule has 88 valence electrons. The Labute approximate surface area is 108 Å². The molecule has 1 saturated carbocycles. The molecule has 4 heteroatoms. The van der Waals surface area contributed by atoms with Crippen molar-refractivity contribution in [2.24, 2.45) is 0 Å². The second-order valence-corrected chi connectivity index (χ2v) is 5.49. The van der Waals surface area contributed by atoms with Gasteiger partial charge in [0.05, 0.1) is 11.3 Å². The Hall–Kier alpha value is -1.13. The first-order valence-corrected chi connectivity index (χ1v) is 6.46. The molecule has 0 aliphatic heterocycles. The Morgan fingerprint density at radius 2 is 2.24 bits per heavy atom. The van der Waals surface area contributed by atoms with Crippen LogP contribution in [0.25, 0.3) is 5.69 Å². The van der Waals surface area contributed by atoms with Gasteiger partial charge in [0.1, 0.15) is 0 Å². The van der Waals surface area contributed by atoms with E-state index >= 15 is 0 Å². The Balaban J connectivity index is 1.89. The van der Waals surface area contributed by atoms with Crippen molar-refractivity contribution in [3.05, 3.63) is 46.7 Å². The number of halogens is 1. The minimum Gasteiger partial charge on any atom is -0.390 e. The summed E-state index contributed by atoms with van der Waals surface area (Å²) < 4.78 is 2.82. The molecule has 0 bridgehead atoms. The van der Waals surface area contributed by atoms with Crippen molar-refractivity contribution in [2.75, 3.05) is 0 Å². The fraction of sp³-hybridized carbons (Fsp3) is 0.308. The van der Waals surface area contributed by atoms with E-state index in [-0.39, 0.29) is 0 Å². The summed E-state index contributed by atoms with van der Waals surface area (Å²) in [5.41, 5.74) is 1.74. The van der Waals surface area contributed by atoms with Crippen LogP contribution in [0.4, 0.5) is 0 Å². The number of aliphatic hydroxyl groups is 1. The first-order chi connectivity index (χ1) is 8.16. The van der Waals surface area contributed by atoms with Crippen molar-refractivity contribution >= 4 is 15.9 Å². The molecule has 1 aromatic carbocycles.